The van der Waals surface area contributed by atoms with E-state index >= 15 is 0 Å². The molecule has 32 heavy (non-hydrogen) atoms. The Balaban J connectivity index is 1.44. The molecule has 166 valence electrons. The number of hydrogen-bond acceptors (Lipinski definition) is 7. The number of aryl methyl sites for hydroxylation is 1. The van der Waals surface area contributed by atoms with E-state index in [0.717, 1.165) is 30.4 Å². The maximum Gasteiger partial charge on any atom is 0.256 e. The number of halogens is 1. The van der Waals surface area contributed by atoms with Gasteiger partial charge in [0.2, 0.25) is 0 Å². The molecule has 4 rings (SSSR count). The zero-order valence-electron chi connectivity index (χ0n) is 17.9. The number of rotatable bonds is 6. The molecule has 1 saturated heterocycles. The van der Waals surface area contributed by atoms with Crippen molar-refractivity contribution in [2.75, 3.05) is 48.9 Å². The Bertz CT molecular complexity index is 1100. The minimum absolute atomic E-state index is 0.224. The van der Waals surface area contributed by atoms with Gasteiger partial charge in [-0.05, 0) is 65.3 Å². The molecule has 1 aromatic heterocycles. The van der Waals surface area contributed by atoms with Gasteiger partial charge in [0.05, 0.1) is 25.9 Å². The van der Waals surface area contributed by atoms with Gasteiger partial charge >= 0.3 is 0 Å². The third-order valence-corrected chi connectivity index (χ3v) is 5.68. The summed E-state index contributed by atoms with van der Waals surface area (Å²) in [6, 6.07) is 14.7. The molecule has 0 bridgehead atoms. The number of nitrogens with zero attached hydrogens (tertiary/aromatic N) is 3. The van der Waals surface area contributed by atoms with E-state index in [9.17, 15) is 4.79 Å². The molecule has 2 heterocycles. The first-order chi connectivity index (χ1) is 15.5. The van der Waals surface area contributed by atoms with Crippen molar-refractivity contribution in [1.29, 1.82) is 0 Å². The lowest BCUT2D eigenvalue weighted by molar-refractivity contribution is 0.102. The first-order valence-electron chi connectivity index (χ1n) is 10.2. The summed E-state index contributed by atoms with van der Waals surface area (Å²) in [6.07, 6.45) is 0. The first kappa shape index (κ1) is 22.0. The fourth-order valence-corrected chi connectivity index (χ4v) is 3.79. The maximum atomic E-state index is 12.7. The summed E-state index contributed by atoms with van der Waals surface area (Å²) in [5, 5.41) is 6.22. The second kappa shape index (κ2) is 9.97. The second-order valence-electron chi connectivity index (χ2n) is 7.26. The number of benzene rings is 2. The predicted octanol–water partition coefficient (Wildman–Crippen LogP) is 4.39. The summed E-state index contributed by atoms with van der Waals surface area (Å²) < 4.78 is 11.3. The molecule has 9 heteroatoms. The molecule has 0 radical (unpaired) electrons. The molecule has 0 aliphatic carbocycles. The normalized spacial score (nSPS) is 13.5. The fraction of sp³-hybridized carbons (Fsp3) is 0.261. The summed E-state index contributed by atoms with van der Waals surface area (Å²) >= 11 is 3.41. The average Bonchev–Trinajstić information content (AvgIpc) is 2.81. The van der Waals surface area contributed by atoms with Crippen molar-refractivity contribution in [1.82, 2.24) is 9.97 Å². The zero-order valence-corrected chi connectivity index (χ0v) is 19.5. The van der Waals surface area contributed by atoms with Crippen LogP contribution in [0.4, 0.5) is 23.0 Å². The highest BCUT2D eigenvalue weighted by molar-refractivity contribution is 9.10. The Morgan fingerprint density at radius 2 is 1.78 bits per heavy atom. The molecule has 0 saturated carbocycles. The lowest BCUT2D eigenvalue weighted by Gasteiger charge is -2.28. The Morgan fingerprint density at radius 1 is 1.06 bits per heavy atom. The monoisotopic (exact) mass is 497 g/mol. The van der Waals surface area contributed by atoms with Gasteiger partial charge in [0.1, 0.15) is 23.2 Å². The van der Waals surface area contributed by atoms with Crippen LogP contribution in [-0.4, -0.2) is 49.3 Å². The number of anilines is 4. The quantitative estimate of drug-likeness (QED) is 0.521. The van der Waals surface area contributed by atoms with Gasteiger partial charge in [-0.15, -0.1) is 0 Å². The third kappa shape index (κ3) is 5.35. The van der Waals surface area contributed by atoms with Crippen LogP contribution >= 0.6 is 15.9 Å². The SMILES string of the molecule is COc1ccc(Br)c(C(=O)Nc2ccc(Nc3cc(N4CCOCC4)nc(C)n3)cc2)c1. The Hall–Kier alpha value is -3.17. The van der Waals surface area contributed by atoms with Crippen LogP contribution in [0.15, 0.2) is 53.0 Å². The van der Waals surface area contributed by atoms with Gasteiger partial charge in [-0.3, -0.25) is 4.79 Å². The van der Waals surface area contributed by atoms with Crippen LogP contribution in [0, 0.1) is 6.92 Å². The van der Waals surface area contributed by atoms with E-state index in [1.165, 1.54) is 0 Å². The topological polar surface area (TPSA) is 88.6 Å². The number of morpholine rings is 1. The van der Waals surface area contributed by atoms with E-state index in [0.29, 0.717) is 40.5 Å². The Morgan fingerprint density at radius 3 is 2.50 bits per heavy atom. The summed E-state index contributed by atoms with van der Waals surface area (Å²) in [7, 11) is 1.57. The van der Waals surface area contributed by atoms with Gasteiger partial charge in [0, 0.05) is 35.0 Å². The van der Waals surface area contributed by atoms with Gasteiger partial charge in [-0.25, -0.2) is 9.97 Å². The molecule has 2 N–H and O–H groups in total. The minimum Gasteiger partial charge on any atom is -0.497 e. The van der Waals surface area contributed by atoms with E-state index in [-0.39, 0.29) is 5.91 Å². The van der Waals surface area contributed by atoms with Crippen LogP contribution in [0.25, 0.3) is 0 Å². The first-order valence-corrected chi connectivity index (χ1v) is 11.0. The largest absolute Gasteiger partial charge is 0.497 e. The van der Waals surface area contributed by atoms with Gasteiger partial charge < -0.3 is 25.0 Å². The van der Waals surface area contributed by atoms with E-state index in [1.807, 2.05) is 37.3 Å². The predicted molar refractivity (Wildman–Crippen MR) is 128 cm³/mol. The molecule has 8 nitrogen and oxygen atoms in total. The molecule has 1 amide bonds. The van der Waals surface area contributed by atoms with Gasteiger partial charge in [0.25, 0.3) is 5.91 Å². The number of nitrogens with one attached hydrogen (secondary N) is 2. The highest BCUT2D eigenvalue weighted by Crippen LogP contribution is 2.25. The van der Waals surface area contributed by atoms with Crippen molar-refractivity contribution in [3.63, 3.8) is 0 Å². The second-order valence-corrected chi connectivity index (χ2v) is 8.11. The van der Waals surface area contributed by atoms with E-state index in [4.69, 9.17) is 9.47 Å². The number of carbonyl (C=O) groups excluding carboxylic acids is 1. The van der Waals surface area contributed by atoms with Crippen molar-refractivity contribution in [2.24, 2.45) is 0 Å². The van der Waals surface area contributed by atoms with Crippen molar-refractivity contribution < 1.29 is 14.3 Å². The smallest absolute Gasteiger partial charge is 0.256 e. The average molecular weight is 498 g/mol. The van der Waals surface area contributed by atoms with Crippen LogP contribution in [0.5, 0.6) is 5.75 Å². The molecular formula is C23H24BrN5O3. The molecular weight excluding hydrogens is 474 g/mol. The van der Waals surface area contributed by atoms with Crippen molar-refractivity contribution in [2.45, 2.75) is 6.92 Å². The number of aromatic nitrogens is 2. The third-order valence-electron chi connectivity index (χ3n) is 4.99. The van der Waals surface area contributed by atoms with Crippen molar-refractivity contribution in [3.8, 4) is 5.75 Å². The van der Waals surface area contributed by atoms with E-state index < -0.39 is 0 Å². The minimum atomic E-state index is -0.224. The molecule has 2 aromatic carbocycles. The fourth-order valence-electron chi connectivity index (χ4n) is 3.36. The number of ether oxygens (including phenoxy) is 2. The van der Waals surface area contributed by atoms with Crippen molar-refractivity contribution in [3.05, 3.63) is 64.4 Å². The van der Waals surface area contributed by atoms with Crippen LogP contribution < -0.4 is 20.3 Å². The summed E-state index contributed by atoms with van der Waals surface area (Å²) in [6.45, 7) is 4.91. The highest BCUT2D eigenvalue weighted by atomic mass is 79.9. The van der Waals surface area contributed by atoms with Crippen LogP contribution in [0.2, 0.25) is 0 Å². The Labute approximate surface area is 195 Å². The van der Waals surface area contributed by atoms with Crippen LogP contribution in [0.1, 0.15) is 16.2 Å². The van der Waals surface area contributed by atoms with E-state index in [2.05, 4.69) is 41.4 Å². The molecule has 1 aliphatic heterocycles. The summed E-state index contributed by atoms with van der Waals surface area (Å²) in [4.78, 5) is 23.9. The number of amides is 1. The molecule has 0 atom stereocenters. The summed E-state index contributed by atoms with van der Waals surface area (Å²) in [5.41, 5.74) is 2.04. The summed E-state index contributed by atoms with van der Waals surface area (Å²) in [5.74, 6) is 2.70. The van der Waals surface area contributed by atoms with Crippen LogP contribution in [-0.2, 0) is 4.74 Å². The molecule has 1 fully saturated rings. The number of methoxy groups -OCH3 is 1. The number of hydrogen-bond donors (Lipinski definition) is 2. The zero-order chi connectivity index (χ0) is 22.5. The molecule has 0 spiro atoms. The molecule has 3 aromatic rings. The van der Waals surface area contributed by atoms with Gasteiger partial charge in [-0.1, -0.05) is 0 Å². The molecule has 1 aliphatic rings. The van der Waals surface area contributed by atoms with Gasteiger partial charge in [-0.2, -0.15) is 0 Å². The van der Waals surface area contributed by atoms with E-state index in [1.54, 1.807) is 25.3 Å². The lowest BCUT2D eigenvalue weighted by Crippen LogP contribution is -2.36. The highest BCUT2D eigenvalue weighted by Gasteiger charge is 2.15. The molecule has 0 unspecified atom stereocenters. The standard InChI is InChI=1S/C23H24BrN5O3/c1-15-25-21(14-22(26-15)29-9-11-32-12-10-29)27-16-3-5-17(6-4-16)28-23(30)19-13-18(31-2)7-8-20(19)24/h3-8,13-14H,9-12H2,1-2H3,(H,28,30)(H,25,26,27). The van der Waals surface area contributed by atoms with Crippen molar-refractivity contribution >= 4 is 44.8 Å². The lowest BCUT2D eigenvalue weighted by atomic mass is 10.2. The van der Waals surface area contributed by atoms with Crippen LogP contribution in [0.3, 0.4) is 0 Å². The van der Waals surface area contributed by atoms with Gasteiger partial charge in [0.15, 0.2) is 0 Å². The number of carbonyl (C=O) groups is 1. The Kier molecular flexibility index (Phi) is 6.87. The maximum absolute atomic E-state index is 12.7.